The number of halogens is 1. The molecule has 0 atom stereocenters. The molecule has 0 saturated carbocycles. The lowest BCUT2D eigenvalue weighted by Crippen LogP contribution is -2.29. The molecule has 1 amide bonds. The second-order valence-electron chi connectivity index (χ2n) is 5.63. The number of carbonyl (C=O) groups is 1. The van der Waals surface area contributed by atoms with E-state index in [0.29, 0.717) is 0 Å². The van der Waals surface area contributed by atoms with Crippen LogP contribution in [0.15, 0.2) is 53.4 Å². The van der Waals surface area contributed by atoms with Gasteiger partial charge >= 0.3 is 0 Å². The van der Waals surface area contributed by atoms with Crippen LogP contribution in [0, 0.1) is 5.82 Å². The van der Waals surface area contributed by atoms with E-state index in [1.165, 1.54) is 43.3 Å². The van der Waals surface area contributed by atoms with Crippen molar-refractivity contribution in [1.29, 1.82) is 0 Å². The van der Waals surface area contributed by atoms with Crippen LogP contribution >= 0.6 is 0 Å². The van der Waals surface area contributed by atoms with E-state index in [4.69, 9.17) is 0 Å². The van der Waals surface area contributed by atoms with Gasteiger partial charge in [-0.15, -0.1) is 0 Å². The van der Waals surface area contributed by atoms with Crippen molar-refractivity contribution in [2.45, 2.75) is 11.8 Å². The molecule has 2 aromatic rings. The van der Waals surface area contributed by atoms with Gasteiger partial charge in [-0.2, -0.15) is 0 Å². The van der Waals surface area contributed by atoms with Gasteiger partial charge in [-0.05, 0) is 48.5 Å². The van der Waals surface area contributed by atoms with Gasteiger partial charge in [0.1, 0.15) is 5.82 Å². The predicted molar refractivity (Wildman–Crippen MR) is 100 cm³/mol. The summed E-state index contributed by atoms with van der Waals surface area (Å²) in [6, 6.07) is 9.99. The first-order valence-corrected chi connectivity index (χ1v) is 11.3. The molecular weight excluding hydrogens is 395 g/mol. The number of hydrogen-bond donors (Lipinski definition) is 2. The van der Waals surface area contributed by atoms with Crippen molar-refractivity contribution >= 4 is 31.5 Å². The Morgan fingerprint density at radius 3 is 2.11 bits per heavy atom. The first kappa shape index (κ1) is 20.8. The number of benzene rings is 2. The van der Waals surface area contributed by atoms with Crippen molar-refractivity contribution in [1.82, 2.24) is 5.32 Å². The Labute approximate surface area is 157 Å². The van der Waals surface area contributed by atoms with Gasteiger partial charge in [0.25, 0.3) is 15.9 Å². The standard InChI is InChI=1S/C17H19FN2O5S2/c1-2-26(22,23)12-11-19-17(21)13-3-9-16(10-4-13)27(24,25)20-15-7-5-14(18)6-8-15/h3-10,20H,2,11-12H2,1H3,(H,19,21). The highest BCUT2D eigenvalue weighted by Crippen LogP contribution is 2.17. The monoisotopic (exact) mass is 414 g/mol. The molecule has 0 radical (unpaired) electrons. The van der Waals surface area contributed by atoms with Gasteiger partial charge in [-0.25, -0.2) is 21.2 Å². The van der Waals surface area contributed by atoms with E-state index in [0.717, 1.165) is 12.1 Å². The fourth-order valence-corrected chi connectivity index (χ4v) is 3.84. The Morgan fingerprint density at radius 2 is 1.56 bits per heavy atom. The van der Waals surface area contributed by atoms with Gasteiger partial charge in [-0.3, -0.25) is 9.52 Å². The summed E-state index contributed by atoms with van der Waals surface area (Å²) in [4.78, 5) is 11.9. The van der Waals surface area contributed by atoms with Crippen LogP contribution in [-0.4, -0.2) is 40.8 Å². The van der Waals surface area contributed by atoms with E-state index in [1.807, 2.05) is 0 Å². The number of carbonyl (C=O) groups excluding carboxylic acids is 1. The number of rotatable bonds is 8. The minimum Gasteiger partial charge on any atom is -0.351 e. The van der Waals surface area contributed by atoms with Crippen molar-refractivity contribution in [2.75, 3.05) is 22.8 Å². The summed E-state index contributed by atoms with van der Waals surface area (Å²) in [5.41, 5.74) is 0.403. The quantitative estimate of drug-likeness (QED) is 0.684. The Morgan fingerprint density at radius 1 is 0.963 bits per heavy atom. The second kappa shape index (κ2) is 8.49. The zero-order valence-electron chi connectivity index (χ0n) is 14.5. The Bertz CT molecular complexity index is 1000. The zero-order valence-corrected chi connectivity index (χ0v) is 16.1. The average Bonchev–Trinajstić information content (AvgIpc) is 2.63. The van der Waals surface area contributed by atoms with E-state index >= 15 is 0 Å². The molecule has 7 nitrogen and oxygen atoms in total. The van der Waals surface area contributed by atoms with Crippen LogP contribution < -0.4 is 10.0 Å². The van der Waals surface area contributed by atoms with E-state index in [-0.39, 0.29) is 34.2 Å². The molecule has 0 heterocycles. The summed E-state index contributed by atoms with van der Waals surface area (Å²) in [7, 11) is -7.07. The molecule has 0 saturated heterocycles. The minimum absolute atomic E-state index is 0.00349. The van der Waals surface area contributed by atoms with Gasteiger partial charge in [0.15, 0.2) is 9.84 Å². The third kappa shape index (κ3) is 6.04. The number of hydrogen-bond acceptors (Lipinski definition) is 5. The van der Waals surface area contributed by atoms with E-state index in [2.05, 4.69) is 10.0 Å². The average molecular weight is 414 g/mol. The number of amides is 1. The highest BCUT2D eigenvalue weighted by atomic mass is 32.2. The molecular formula is C17H19FN2O5S2. The summed E-state index contributed by atoms with van der Waals surface area (Å²) < 4.78 is 62.6. The fraction of sp³-hybridized carbons (Fsp3) is 0.235. The van der Waals surface area contributed by atoms with Crippen molar-refractivity contribution in [3.05, 3.63) is 59.9 Å². The lowest BCUT2D eigenvalue weighted by atomic mass is 10.2. The van der Waals surface area contributed by atoms with Gasteiger partial charge in [-0.1, -0.05) is 6.92 Å². The maximum absolute atomic E-state index is 12.9. The summed E-state index contributed by atoms with van der Waals surface area (Å²) >= 11 is 0. The minimum atomic E-state index is -3.89. The molecule has 0 unspecified atom stereocenters. The van der Waals surface area contributed by atoms with Crippen LogP contribution in [0.1, 0.15) is 17.3 Å². The first-order valence-electron chi connectivity index (χ1n) is 8.00. The highest BCUT2D eigenvalue weighted by molar-refractivity contribution is 7.92. The normalized spacial score (nSPS) is 11.8. The Kier molecular flexibility index (Phi) is 6.55. The molecule has 146 valence electrons. The van der Waals surface area contributed by atoms with Gasteiger partial charge in [0, 0.05) is 23.5 Å². The van der Waals surface area contributed by atoms with Gasteiger partial charge in [0.2, 0.25) is 0 Å². The molecule has 0 bridgehead atoms. The van der Waals surface area contributed by atoms with Gasteiger partial charge < -0.3 is 5.32 Å². The smallest absolute Gasteiger partial charge is 0.261 e. The third-order valence-corrected chi connectivity index (χ3v) is 6.76. The maximum atomic E-state index is 12.9. The molecule has 10 heteroatoms. The molecule has 0 aromatic heterocycles. The highest BCUT2D eigenvalue weighted by Gasteiger charge is 2.16. The van der Waals surface area contributed by atoms with Crippen molar-refractivity contribution in [3.63, 3.8) is 0 Å². The molecule has 0 aliphatic carbocycles. The maximum Gasteiger partial charge on any atom is 0.261 e. The van der Waals surface area contributed by atoms with Crippen LogP contribution in [-0.2, 0) is 19.9 Å². The molecule has 27 heavy (non-hydrogen) atoms. The molecule has 2 N–H and O–H groups in total. The van der Waals surface area contributed by atoms with Crippen LogP contribution in [0.4, 0.5) is 10.1 Å². The summed E-state index contributed by atoms with van der Waals surface area (Å²) in [6.45, 7) is 1.50. The summed E-state index contributed by atoms with van der Waals surface area (Å²) in [5, 5.41) is 2.47. The zero-order chi connectivity index (χ0) is 20.1. The van der Waals surface area contributed by atoms with Crippen molar-refractivity contribution in [3.8, 4) is 0 Å². The predicted octanol–water partition coefficient (Wildman–Crippen LogP) is 1.79. The number of sulfone groups is 1. The Balaban J connectivity index is 2.03. The first-order chi connectivity index (χ1) is 12.6. The Hall–Kier alpha value is -2.46. The summed E-state index contributed by atoms with van der Waals surface area (Å²) in [5.74, 6) is -1.16. The molecule has 0 aliphatic heterocycles. The topological polar surface area (TPSA) is 109 Å². The largest absolute Gasteiger partial charge is 0.351 e. The molecule has 2 rings (SSSR count). The van der Waals surface area contributed by atoms with Gasteiger partial charge in [0.05, 0.1) is 10.6 Å². The van der Waals surface area contributed by atoms with Crippen LogP contribution in [0.2, 0.25) is 0 Å². The van der Waals surface area contributed by atoms with E-state index in [1.54, 1.807) is 0 Å². The van der Waals surface area contributed by atoms with Crippen LogP contribution in [0.3, 0.4) is 0 Å². The lowest BCUT2D eigenvalue weighted by Gasteiger charge is -2.09. The SMILES string of the molecule is CCS(=O)(=O)CCNC(=O)c1ccc(S(=O)(=O)Nc2ccc(F)cc2)cc1. The van der Waals surface area contributed by atoms with Crippen LogP contribution in [0.5, 0.6) is 0 Å². The fourth-order valence-electron chi connectivity index (χ4n) is 2.08. The number of sulfonamides is 1. The van der Waals surface area contributed by atoms with Crippen molar-refractivity contribution in [2.24, 2.45) is 0 Å². The summed E-state index contributed by atoms with van der Waals surface area (Å²) in [6.07, 6.45) is 0. The lowest BCUT2D eigenvalue weighted by molar-refractivity contribution is 0.0956. The van der Waals surface area contributed by atoms with E-state index < -0.39 is 31.6 Å². The molecule has 0 spiro atoms. The molecule has 2 aromatic carbocycles. The van der Waals surface area contributed by atoms with Crippen LogP contribution in [0.25, 0.3) is 0 Å². The number of anilines is 1. The van der Waals surface area contributed by atoms with E-state index in [9.17, 15) is 26.0 Å². The number of nitrogens with one attached hydrogen (secondary N) is 2. The second-order valence-corrected chi connectivity index (χ2v) is 9.78. The third-order valence-electron chi connectivity index (χ3n) is 3.66. The van der Waals surface area contributed by atoms with Crippen molar-refractivity contribution < 1.29 is 26.0 Å². The molecule has 0 aliphatic rings. The molecule has 0 fully saturated rings.